The number of thioether (sulfide) groups is 1. The Hall–Kier alpha value is -0.220. The summed E-state index contributed by atoms with van der Waals surface area (Å²) in [5.41, 5.74) is 0. The number of carbonyl (C=O) groups is 1. The molecule has 1 N–H and O–H groups in total. The Labute approximate surface area is 89.9 Å². The summed E-state index contributed by atoms with van der Waals surface area (Å²) in [6.07, 6.45) is 3.09. The molecule has 0 aromatic carbocycles. The second-order valence-corrected chi connectivity index (χ2v) is 5.07. The number of aliphatic hydroxyl groups excluding tert-OH is 1. The number of rotatable bonds is 5. The summed E-state index contributed by atoms with van der Waals surface area (Å²) in [5.74, 6) is 1.14. The normalized spacial score (nSPS) is 18.6. The topological polar surface area (TPSA) is 40.5 Å². The molecule has 1 heterocycles. The minimum atomic E-state index is 0.0552. The number of hydrogen-bond donors (Lipinski definition) is 1. The van der Waals surface area contributed by atoms with Crippen molar-refractivity contribution in [3.05, 3.63) is 0 Å². The maximum atomic E-state index is 11.8. The van der Waals surface area contributed by atoms with Gasteiger partial charge in [0.05, 0.1) is 5.25 Å². The van der Waals surface area contributed by atoms with Gasteiger partial charge in [-0.05, 0) is 31.9 Å². The summed E-state index contributed by atoms with van der Waals surface area (Å²) in [4.78, 5) is 13.7. The molecule has 0 aromatic rings. The molecule has 0 spiro atoms. The van der Waals surface area contributed by atoms with E-state index >= 15 is 0 Å². The van der Waals surface area contributed by atoms with Crippen LogP contribution in [0.3, 0.4) is 0 Å². The van der Waals surface area contributed by atoms with E-state index in [1.54, 1.807) is 11.8 Å². The predicted molar refractivity (Wildman–Crippen MR) is 59.4 cm³/mol. The van der Waals surface area contributed by atoms with Crippen LogP contribution in [0.2, 0.25) is 0 Å². The van der Waals surface area contributed by atoms with E-state index in [1.165, 1.54) is 0 Å². The van der Waals surface area contributed by atoms with Crippen molar-refractivity contribution >= 4 is 17.7 Å². The lowest BCUT2D eigenvalue weighted by atomic mass is 10.4. The molecule has 1 saturated heterocycles. The van der Waals surface area contributed by atoms with Crippen molar-refractivity contribution < 1.29 is 9.90 Å². The number of aliphatic hydroxyl groups is 1. The maximum absolute atomic E-state index is 11.8. The molecule has 82 valence electrons. The van der Waals surface area contributed by atoms with Crippen molar-refractivity contribution in [3.63, 3.8) is 0 Å². The van der Waals surface area contributed by atoms with Crippen LogP contribution in [0.15, 0.2) is 0 Å². The van der Waals surface area contributed by atoms with Crippen LogP contribution in [-0.4, -0.2) is 46.6 Å². The van der Waals surface area contributed by atoms with E-state index in [9.17, 15) is 4.79 Å². The fraction of sp³-hybridized carbons (Fsp3) is 0.900. The van der Waals surface area contributed by atoms with Gasteiger partial charge in [-0.25, -0.2) is 0 Å². The van der Waals surface area contributed by atoms with Crippen LogP contribution in [0.1, 0.15) is 26.2 Å². The smallest absolute Gasteiger partial charge is 0.235 e. The molecule has 0 bridgehead atoms. The zero-order valence-corrected chi connectivity index (χ0v) is 9.55. The van der Waals surface area contributed by atoms with Gasteiger partial charge in [0.25, 0.3) is 0 Å². The molecule has 1 unspecified atom stereocenters. The molecule has 1 amide bonds. The third-order valence-corrected chi connectivity index (χ3v) is 3.66. The van der Waals surface area contributed by atoms with Gasteiger partial charge in [-0.2, -0.15) is 0 Å². The Bertz CT molecular complexity index is 181. The second-order valence-electron chi connectivity index (χ2n) is 3.62. The molecule has 0 radical (unpaired) electrons. The van der Waals surface area contributed by atoms with Crippen molar-refractivity contribution in [1.82, 2.24) is 4.90 Å². The van der Waals surface area contributed by atoms with Crippen molar-refractivity contribution in [1.29, 1.82) is 0 Å². The van der Waals surface area contributed by atoms with Gasteiger partial charge < -0.3 is 10.0 Å². The number of amides is 1. The maximum Gasteiger partial charge on any atom is 0.235 e. The van der Waals surface area contributed by atoms with Gasteiger partial charge in [0, 0.05) is 19.7 Å². The molecule has 14 heavy (non-hydrogen) atoms. The first-order valence-corrected chi connectivity index (χ1v) is 6.32. The van der Waals surface area contributed by atoms with Gasteiger partial charge in [-0.3, -0.25) is 4.79 Å². The zero-order chi connectivity index (χ0) is 10.4. The molecule has 1 aliphatic rings. The SMILES string of the molecule is CC(SCCCO)C(=O)N1CCCC1. The molecular formula is C10H19NO2S. The summed E-state index contributed by atoms with van der Waals surface area (Å²) >= 11 is 1.64. The highest BCUT2D eigenvalue weighted by Gasteiger charge is 2.22. The molecule has 1 rings (SSSR count). The van der Waals surface area contributed by atoms with Gasteiger partial charge in [-0.15, -0.1) is 11.8 Å². The van der Waals surface area contributed by atoms with E-state index < -0.39 is 0 Å². The lowest BCUT2D eigenvalue weighted by Gasteiger charge is -2.19. The Morgan fingerprint density at radius 3 is 2.71 bits per heavy atom. The van der Waals surface area contributed by atoms with Crippen LogP contribution in [0, 0.1) is 0 Å². The number of nitrogens with zero attached hydrogens (tertiary/aromatic N) is 1. The van der Waals surface area contributed by atoms with E-state index in [4.69, 9.17) is 5.11 Å². The number of carbonyl (C=O) groups excluding carboxylic acids is 1. The van der Waals surface area contributed by atoms with Crippen LogP contribution in [-0.2, 0) is 4.79 Å². The highest BCUT2D eigenvalue weighted by atomic mass is 32.2. The Kier molecular flexibility index (Phi) is 5.33. The van der Waals surface area contributed by atoms with E-state index in [0.717, 1.165) is 38.1 Å². The first-order valence-electron chi connectivity index (χ1n) is 5.27. The van der Waals surface area contributed by atoms with Gasteiger partial charge in [-0.1, -0.05) is 0 Å². The Morgan fingerprint density at radius 2 is 2.14 bits per heavy atom. The van der Waals surface area contributed by atoms with Crippen LogP contribution in [0.4, 0.5) is 0 Å². The van der Waals surface area contributed by atoms with Crippen LogP contribution < -0.4 is 0 Å². The van der Waals surface area contributed by atoms with Gasteiger partial charge in [0.15, 0.2) is 0 Å². The highest BCUT2D eigenvalue weighted by Crippen LogP contribution is 2.17. The van der Waals surface area contributed by atoms with Crippen molar-refractivity contribution in [2.24, 2.45) is 0 Å². The molecule has 0 saturated carbocycles. The highest BCUT2D eigenvalue weighted by molar-refractivity contribution is 8.00. The molecule has 3 nitrogen and oxygen atoms in total. The fourth-order valence-electron chi connectivity index (χ4n) is 1.59. The summed E-state index contributed by atoms with van der Waals surface area (Å²) in [6.45, 7) is 4.05. The lowest BCUT2D eigenvalue weighted by Crippen LogP contribution is -2.34. The second kappa shape index (κ2) is 6.30. The van der Waals surface area contributed by atoms with Crippen LogP contribution >= 0.6 is 11.8 Å². The van der Waals surface area contributed by atoms with Crippen molar-refractivity contribution in [2.75, 3.05) is 25.4 Å². The minimum Gasteiger partial charge on any atom is -0.396 e. The van der Waals surface area contributed by atoms with E-state index in [1.807, 2.05) is 11.8 Å². The van der Waals surface area contributed by atoms with Gasteiger partial charge in [0.1, 0.15) is 0 Å². The quantitative estimate of drug-likeness (QED) is 0.701. The molecule has 0 aliphatic carbocycles. The van der Waals surface area contributed by atoms with Gasteiger partial charge >= 0.3 is 0 Å². The molecular weight excluding hydrogens is 198 g/mol. The first kappa shape index (κ1) is 11.9. The Morgan fingerprint density at radius 1 is 1.50 bits per heavy atom. The Balaban J connectivity index is 2.21. The number of likely N-dealkylation sites (tertiary alicyclic amines) is 1. The third-order valence-electron chi connectivity index (χ3n) is 2.44. The lowest BCUT2D eigenvalue weighted by molar-refractivity contribution is -0.129. The molecule has 0 aromatic heterocycles. The van der Waals surface area contributed by atoms with Crippen molar-refractivity contribution in [2.45, 2.75) is 31.4 Å². The monoisotopic (exact) mass is 217 g/mol. The van der Waals surface area contributed by atoms with Crippen LogP contribution in [0.5, 0.6) is 0 Å². The minimum absolute atomic E-state index is 0.0552. The van der Waals surface area contributed by atoms with Crippen molar-refractivity contribution in [3.8, 4) is 0 Å². The zero-order valence-electron chi connectivity index (χ0n) is 8.74. The number of hydrogen-bond acceptors (Lipinski definition) is 3. The van der Waals surface area contributed by atoms with E-state index in [2.05, 4.69) is 0 Å². The average Bonchev–Trinajstić information content (AvgIpc) is 2.69. The fourth-order valence-corrected chi connectivity index (χ4v) is 2.53. The predicted octanol–water partition coefficient (Wildman–Crippen LogP) is 1.11. The molecule has 1 fully saturated rings. The summed E-state index contributed by atoms with van der Waals surface area (Å²) in [5, 5.41) is 8.68. The molecule has 1 atom stereocenters. The van der Waals surface area contributed by atoms with E-state index in [0.29, 0.717) is 0 Å². The average molecular weight is 217 g/mol. The largest absolute Gasteiger partial charge is 0.396 e. The molecule has 1 aliphatic heterocycles. The van der Waals surface area contributed by atoms with Gasteiger partial charge in [0.2, 0.25) is 5.91 Å². The third kappa shape index (κ3) is 3.50. The van der Waals surface area contributed by atoms with E-state index in [-0.39, 0.29) is 17.8 Å². The summed E-state index contributed by atoms with van der Waals surface area (Å²) in [6, 6.07) is 0. The first-order chi connectivity index (χ1) is 6.75. The van der Waals surface area contributed by atoms with Crippen LogP contribution in [0.25, 0.3) is 0 Å². The summed E-state index contributed by atoms with van der Waals surface area (Å²) < 4.78 is 0. The molecule has 4 heteroatoms. The standard InChI is InChI=1S/C10H19NO2S/c1-9(14-8-4-7-12)10(13)11-5-2-3-6-11/h9,12H,2-8H2,1H3. The summed E-state index contributed by atoms with van der Waals surface area (Å²) in [7, 11) is 0.